The van der Waals surface area contributed by atoms with Gasteiger partial charge in [-0.3, -0.25) is 9.00 Å². The van der Waals surface area contributed by atoms with Gasteiger partial charge in [0.1, 0.15) is 5.60 Å². The lowest BCUT2D eigenvalue weighted by Crippen LogP contribution is -2.71. The van der Waals surface area contributed by atoms with E-state index in [2.05, 4.69) is 5.32 Å². The molecule has 1 amide bonds. The monoisotopic (exact) mass is 334 g/mol. The zero-order chi connectivity index (χ0) is 17.1. The average Bonchev–Trinajstić information content (AvgIpc) is 2.27. The smallest absolute Gasteiger partial charge is 0.410 e. The predicted molar refractivity (Wildman–Crippen MR) is 84.3 cm³/mol. The zero-order valence-electron chi connectivity index (χ0n) is 13.8. The van der Waals surface area contributed by atoms with Crippen molar-refractivity contribution in [2.45, 2.75) is 50.5 Å². The first-order chi connectivity index (χ1) is 9.94. The molecular weight excluding hydrogens is 308 g/mol. The Labute approximate surface area is 133 Å². The summed E-state index contributed by atoms with van der Waals surface area (Å²) in [5.74, 6) is -0.929. The first kappa shape index (κ1) is 18.9. The average molecular weight is 334 g/mol. The van der Waals surface area contributed by atoms with Crippen LogP contribution in [0.15, 0.2) is 0 Å². The minimum absolute atomic E-state index is 0.0822. The van der Waals surface area contributed by atoms with Gasteiger partial charge in [0, 0.05) is 41.9 Å². The van der Waals surface area contributed by atoms with Crippen molar-refractivity contribution >= 4 is 22.9 Å². The summed E-state index contributed by atoms with van der Waals surface area (Å²) in [6, 6.07) is 0. The van der Waals surface area contributed by atoms with Crippen molar-refractivity contribution in [2.24, 2.45) is 0 Å². The summed E-state index contributed by atoms with van der Waals surface area (Å²) < 4.78 is 16.7. The lowest BCUT2D eigenvalue weighted by atomic mass is 9.86. The molecule has 1 saturated heterocycles. The molecule has 22 heavy (non-hydrogen) atoms. The Balaban J connectivity index is 2.61. The molecule has 1 aliphatic rings. The van der Waals surface area contributed by atoms with Crippen molar-refractivity contribution in [3.05, 3.63) is 0 Å². The van der Waals surface area contributed by atoms with E-state index in [1.54, 1.807) is 27.0 Å². The van der Waals surface area contributed by atoms with E-state index in [9.17, 15) is 13.8 Å². The largest absolute Gasteiger partial charge is 0.481 e. The third-order valence-electron chi connectivity index (χ3n) is 3.46. The van der Waals surface area contributed by atoms with Gasteiger partial charge >= 0.3 is 12.1 Å². The number of nitrogens with zero attached hydrogens (tertiary/aromatic N) is 1. The van der Waals surface area contributed by atoms with Crippen molar-refractivity contribution < 1.29 is 23.6 Å². The van der Waals surface area contributed by atoms with Crippen LogP contribution >= 0.6 is 0 Å². The summed E-state index contributed by atoms with van der Waals surface area (Å²) in [7, 11) is -0.982. The molecule has 1 rings (SSSR count). The number of amides is 1. The number of carbonyl (C=O) groups excluding carboxylic acids is 1. The molecule has 2 unspecified atom stereocenters. The Morgan fingerprint density at radius 3 is 2.36 bits per heavy atom. The maximum Gasteiger partial charge on any atom is 0.410 e. The summed E-state index contributed by atoms with van der Waals surface area (Å²) in [5, 5.41) is 12.2. The molecule has 0 aromatic heterocycles. The van der Waals surface area contributed by atoms with Crippen molar-refractivity contribution in [2.75, 3.05) is 25.9 Å². The highest BCUT2D eigenvalue weighted by Crippen LogP contribution is 2.27. The van der Waals surface area contributed by atoms with Crippen molar-refractivity contribution in [1.82, 2.24) is 10.2 Å². The van der Waals surface area contributed by atoms with Gasteiger partial charge in [-0.15, -0.1) is 0 Å². The number of nitrogens with one attached hydrogen (secondary N) is 1. The van der Waals surface area contributed by atoms with Crippen molar-refractivity contribution in [1.29, 1.82) is 0 Å². The molecular formula is C14H26N2O5S. The van der Waals surface area contributed by atoms with Crippen LogP contribution in [0.3, 0.4) is 0 Å². The molecule has 0 aliphatic carbocycles. The van der Waals surface area contributed by atoms with Crippen LogP contribution < -0.4 is 5.32 Å². The van der Waals surface area contributed by atoms with Crippen LogP contribution in [0.5, 0.6) is 0 Å². The summed E-state index contributed by atoms with van der Waals surface area (Å²) in [5.41, 5.74) is -1.25. The number of likely N-dealkylation sites (tertiary alicyclic amines) is 1. The number of carbonyl (C=O) groups is 2. The van der Waals surface area contributed by atoms with E-state index in [1.807, 2.05) is 6.92 Å². The number of rotatable bonds is 6. The van der Waals surface area contributed by atoms with Gasteiger partial charge in [-0.25, -0.2) is 4.79 Å². The summed E-state index contributed by atoms with van der Waals surface area (Å²) in [6.45, 7) is 8.18. The Morgan fingerprint density at radius 2 is 1.95 bits per heavy atom. The van der Waals surface area contributed by atoms with Gasteiger partial charge in [0.25, 0.3) is 0 Å². The maximum atomic E-state index is 11.9. The maximum absolute atomic E-state index is 11.9. The van der Waals surface area contributed by atoms with Crippen LogP contribution in [0, 0.1) is 0 Å². The molecule has 1 heterocycles. The number of hydrogen-bond acceptors (Lipinski definition) is 5. The van der Waals surface area contributed by atoms with Gasteiger partial charge < -0.3 is 20.1 Å². The lowest BCUT2D eigenvalue weighted by Gasteiger charge is -2.50. The van der Waals surface area contributed by atoms with E-state index in [0.717, 1.165) is 0 Å². The van der Waals surface area contributed by atoms with E-state index in [0.29, 0.717) is 6.54 Å². The van der Waals surface area contributed by atoms with Gasteiger partial charge in [-0.05, 0) is 27.7 Å². The molecule has 1 fully saturated rings. The second kappa shape index (κ2) is 6.95. The quantitative estimate of drug-likeness (QED) is 0.746. The van der Waals surface area contributed by atoms with Gasteiger partial charge in [-0.1, -0.05) is 0 Å². The van der Waals surface area contributed by atoms with Crippen LogP contribution in [-0.2, 0) is 20.3 Å². The summed E-state index contributed by atoms with van der Waals surface area (Å²) >= 11 is 0. The SMILES string of the molecule is CC(CNC1(CC(=O)O)CN(C(=O)OC(C)(C)C)C1)S(C)=O. The fourth-order valence-electron chi connectivity index (χ4n) is 2.19. The Morgan fingerprint density at radius 1 is 1.41 bits per heavy atom. The third-order valence-corrected chi connectivity index (χ3v) is 4.76. The highest BCUT2D eigenvalue weighted by atomic mass is 32.2. The van der Waals surface area contributed by atoms with Crippen LogP contribution in [-0.4, -0.2) is 68.6 Å². The minimum atomic E-state index is -0.982. The van der Waals surface area contributed by atoms with Gasteiger partial charge in [-0.2, -0.15) is 0 Å². The number of hydrogen-bond donors (Lipinski definition) is 2. The molecule has 128 valence electrons. The van der Waals surface area contributed by atoms with E-state index >= 15 is 0 Å². The standard InChI is InChI=1S/C14H26N2O5S/c1-10(22(5)20)7-15-14(6-11(17)18)8-16(9-14)12(19)21-13(2,3)4/h10,15H,6-9H2,1-5H3,(H,17,18). The normalized spacial score (nSPS) is 20.0. The Hall–Kier alpha value is -1.15. The highest BCUT2D eigenvalue weighted by Gasteiger charge is 2.47. The highest BCUT2D eigenvalue weighted by molar-refractivity contribution is 7.84. The second-order valence-electron chi connectivity index (χ2n) is 6.88. The van der Waals surface area contributed by atoms with Crippen LogP contribution in [0.1, 0.15) is 34.1 Å². The van der Waals surface area contributed by atoms with Crippen LogP contribution in [0.2, 0.25) is 0 Å². The van der Waals surface area contributed by atoms with Crippen LogP contribution in [0.25, 0.3) is 0 Å². The molecule has 0 aromatic rings. The first-order valence-electron chi connectivity index (χ1n) is 7.21. The predicted octanol–water partition coefficient (Wildman–Crippen LogP) is 0.807. The molecule has 0 saturated carbocycles. The first-order valence-corrected chi connectivity index (χ1v) is 8.83. The third kappa shape index (κ3) is 5.57. The van der Waals surface area contributed by atoms with E-state index < -0.39 is 34.0 Å². The van der Waals surface area contributed by atoms with E-state index in [-0.39, 0.29) is 24.8 Å². The summed E-state index contributed by atoms with van der Waals surface area (Å²) in [6.07, 6.45) is 1.08. The number of carboxylic acids is 1. The topological polar surface area (TPSA) is 95.9 Å². The number of carboxylic acid groups (broad SMARTS) is 1. The summed E-state index contributed by atoms with van der Waals surface area (Å²) in [4.78, 5) is 24.5. The van der Waals surface area contributed by atoms with Gasteiger partial charge in [0.05, 0.1) is 12.0 Å². The molecule has 2 N–H and O–H groups in total. The number of aliphatic carboxylic acids is 1. The van der Waals surface area contributed by atoms with E-state index in [4.69, 9.17) is 9.84 Å². The van der Waals surface area contributed by atoms with Crippen molar-refractivity contribution in [3.8, 4) is 0 Å². The molecule has 0 bridgehead atoms. The second-order valence-corrected chi connectivity index (χ2v) is 8.68. The van der Waals surface area contributed by atoms with E-state index in [1.165, 1.54) is 4.90 Å². The number of ether oxygens (including phenoxy) is 1. The molecule has 0 radical (unpaired) electrons. The molecule has 2 atom stereocenters. The Kier molecular flexibility index (Phi) is 5.97. The molecule has 0 aromatic carbocycles. The van der Waals surface area contributed by atoms with Gasteiger partial charge in [0.15, 0.2) is 0 Å². The lowest BCUT2D eigenvalue weighted by molar-refractivity contribution is -0.141. The molecule has 1 aliphatic heterocycles. The molecule has 7 nitrogen and oxygen atoms in total. The van der Waals surface area contributed by atoms with Crippen molar-refractivity contribution in [3.63, 3.8) is 0 Å². The Bertz CT molecular complexity index is 455. The minimum Gasteiger partial charge on any atom is -0.481 e. The van der Waals surface area contributed by atoms with Crippen LogP contribution in [0.4, 0.5) is 4.79 Å². The van der Waals surface area contributed by atoms with Gasteiger partial charge in [0.2, 0.25) is 0 Å². The molecule has 8 heteroatoms. The molecule has 0 spiro atoms. The fraction of sp³-hybridized carbons (Fsp3) is 0.857. The fourth-order valence-corrected chi connectivity index (χ4v) is 2.51. The zero-order valence-corrected chi connectivity index (χ0v) is 14.7.